The molecule has 0 aromatic heterocycles. The summed E-state index contributed by atoms with van der Waals surface area (Å²) in [5, 5.41) is 0. The summed E-state index contributed by atoms with van der Waals surface area (Å²) in [5.41, 5.74) is 6.96. The third kappa shape index (κ3) is 5.46. The Kier molecular flexibility index (Phi) is 7.36. The maximum Gasteiger partial charge on any atom is 0.410 e. The van der Waals surface area contributed by atoms with Gasteiger partial charge in [-0.15, -0.1) is 0 Å². The number of primary amides is 1. The Bertz CT molecular complexity index is 863. The third-order valence-electron chi connectivity index (χ3n) is 5.67. The molecule has 3 atom stereocenters. The van der Waals surface area contributed by atoms with E-state index in [9.17, 15) is 14.0 Å². The van der Waals surface area contributed by atoms with E-state index in [0.717, 1.165) is 5.56 Å². The summed E-state index contributed by atoms with van der Waals surface area (Å²) in [6.45, 7) is 6.19. The minimum atomic E-state index is -0.685. The summed E-state index contributed by atoms with van der Waals surface area (Å²) in [4.78, 5) is 26.0. The second-order valence-electron chi connectivity index (χ2n) is 8.66. The van der Waals surface area contributed by atoms with Crippen LogP contribution in [0.4, 0.5) is 9.18 Å². The van der Waals surface area contributed by atoms with Crippen molar-refractivity contribution in [3.63, 3.8) is 0 Å². The quantitative estimate of drug-likeness (QED) is 0.682. The molecule has 0 saturated carbocycles. The second-order valence-corrected chi connectivity index (χ2v) is 8.66. The number of hydrogen-bond donors (Lipinski definition) is 1. The Labute approximate surface area is 182 Å². The fraction of sp³-hybridized carbons (Fsp3) is 0.500. The lowest BCUT2D eigenvalue weighted by Gasteiger charge is -2.28. The van der Waals surface area contributed by atoms with Crippen LogP contribution in [0.1, 0.15) is 51.6 Å². The smallest absolute Gasteiger partial charge is 0.410 e. The highest BCUT2D eigenvalue weighted by Gasteiger charge is 2.41. The van der Waals surface area contributed by atoms with Gasteiger partial charge >= 0.3 is 6.09 Å². The van der Waals surface area contributed by atoms with Crippen LogP contribution >= 0.6 is 0 Å². The number of rotatable bonds is 7. The molecule has 2 aliphatic rings. The summed E-state index contributed by atoms with van der Waals surface area (Å²) >= 11 is 0. The van der Waals surface area contributed by atoms with Gasteiger partial charge in [-0.25, -0.2) is 9.18 Å². The summed E-state index contributed by atoms with van der Waals surface area (Å²) in [5.74, 6) is 0.0181. The molecular weight excluding hydrogens is 399 g/mol. The monoisotopic (exact) mass is 430 g/mol. The fourth-order valence-corrected chi connectivity index (χ4v) is 3.96. The lowest BCUT2D eigenvalue weighted by molar-refractivity contribution is -0.122. The number of nitrogens with two attached hydrogens (primary N) is 1. The minimum Gasteiger partial charge on any atom is -0.489 e. The van der Waals surface area contributed by atoms with Crippen LogP contribution in [-0.2, 0) is 9.53 Å². The van der Waals surface area contributed by atoms with Gasteiger partial charge in [0, 0.05) is 11.5 Å². The molecule has 1 aromatic carbocycles. The number of hydrogen-bond acceptors (Lipinski definition) is 4. The van der Waals surface area contributed by atoms with E-state index in [4.69, 9.17) is 15.2 Å². The maximum atomic E-state index is 14.2. The van der Waals surface area contributed by atoms with Gasteiger partial charge in [-0.2, -0.15) is 0 Å². The zero-order valence-electron chi connectivity index (χ0n) is 18.3. The molecule has 7 heteroatoms. The van der Waals surface area contributed by atoms with E-state index in [0.29, 0.717) is 30.6 Å². The minimum absolute atomic E-state index is 0.118. The normalized spacial score (nSPS) is 23.4. The van der Waals surface area contributed by atoms with Crippen molar-refractivity contribution < 1.29 is 23.5 Å². The summed E-state index contributed by atoms with van der Waals surface area (Å²) < 4.78 is 25.3. The zero-order chi connectivity index (χ0) is 22.5. The lowest BCUT2D eigenvalue weighted by Crippen LogP contribution is -2.45. The van der Waals surface area contributed by atoms with Gasteiger partial charge in [0.1, 0.15) is 24.2 Å². The number of halogens is 1. The van der Waals surface area contributed by atoms with Gasteiger partial charge in [-0.1, -0.05) is 45.1 Å². The summed E-state index contributed by atoms with van der Waals surface area (Å²) in [7, 11) is 0. The van der Waals surface area contributed by atoms with Crippen LogP contribution < -0.4 is 10.5 Å². The molecule has 0 bridgehead atoms. The zero-order valence-corrected chi connectivity index (χ0v) is 18.3. The molecule has 2 unspecified atom stereocenters. The van der Waals surface area contributed by atoms with Gasteiger partial charge < -0.3 is 15.2 Å². The van der Waals surface area contributed by atoms with Crippen LogP contribution in [0.3, 0.4) is 0 Å². The Balaban J connectivity index is 1.69. The van der Waals surface area contributed by atoms with Crippen LogP contribution in [0.15, 0.2) is 47.8 Å². The number of carbonyl (C=O) groups is 2. The number of benzene rings is 1. The van der Waals surface area contributed by atoms with Crippen molar-refractivity contribution in [2.45, 2.75) is 52.1 Å². The molecule has 1 aliphatic heterocycles. The van der Waals surface area contributed by atoms with E-state index in [1.165, 1.54) is 4.90 Å². The Morgan fingerprint density at radius 1 is 1.23 bits per heavy atom. The number of carbonyl (C=O) groups excluding carboxylic acids is 2. The van der Waals surface area contributed by atoms with Crippen LogP contribution in [0, 0.1) is 11.8 Å². The van der Waals surface area contributed by atoms with Crippen LogP contribution in [0.25, 0.3) is 0 Å². The van der Waals surface area contributed by atoms with Crippen molar-refractivity contribution in [3.8, 4) is 5.75 Å². The van der Waals surface area contributed by atoms with E-state index >= 15 is 0 Å². The molecule has 3 rings (SSSR count). The number of allylic oxidation sites excluding steroid dienone is 2. The molecule has 6 nitrogen and oxygen atoms in total. The molecule has 31 heavy (non-hydrogen) atoms. The van der Waals surface area contributed by atoms with Crippen molar-refractivity contribution in [2.24, 2.45) is 17.6 Å². The van der Waals surface area contributed by atoms with Crippen LogP contribution in [0.2, 0.25) is 0 Å². The van der Waals surface area contributed by atoms with Gasteiger partial charge in [-0.3, -0.25) is 9.69 Å². The molecule has 1 heterocycles. The summed E-state index contributed by atoms with van der Waals surface area (Å²) in [6.07, 6.45) is 5.01. The molecule has 1 fully saturated rings. The first-order chi connectivity index (χ1) is 14.8. The predicted octanol–water partition coefficient (Wildman–Crippen LogP) is 4.67. The second kappa shape index (κ2) is 9.98. The molecule has 1 aliphatic carbocycles. The first kappa shape index (κ1) is 22.8. The van der Waals surface area contributed by atoms with E-state index in [1.54, 1.807) is 18.2 Å². The van der Waals surface area contributed by atoms with Gasteiger partial charge in [0.25, 0.3) is 0 Å². The number of likely N-dealkylation sites (tertiary alicyclic amines) is 1. The Morgan fingerprint density at radius 2 is 1.94 bits per heavy atom. The van der Waals surface area contributed by atoms with Crippen molar-refractivity contribution in [1.82, 2.24) is 4.90 Å². The molecule has 168 valence electrons. The van der Waals surface area contributed by atoms with Crippen LogP contribution in [0.5, 0.6) is 5.75 Å². The first-order valence-corrected chi connectivity index (χ1v) is 10.8. The number of ether oxygens (including phenoxy) is 2. The number of amides is 2. The van der Waals surface area contributed by atoms with Gasteiger partial charge in [0.15, 0.2) is 0 Å². The molecule has 0 spiro atoms. The van der Waals surface area contributed by atoms with E-state index in [2.05, 4.69) is 0 Å². The molecule has 0 radical (unpaired) electrons. The Hall–Kier alpha value is -2.83. The van der Waals surface area contributed by atoms with Gasteiger partial charge in [0.05, 0.1) is 12.6 Å². The lowest BCUT2D eigenvalue weighted by atomic mass is 9.97. The largest absolute Gasteiger partial charge is 0.489 e. The highest BCUT2D eigenvalue weighted by Crippen LogP contribution is 2.37. The molecule has 2 N–H and O–H groups in total. The van der Waals surface area contributed by atoms with Gasteiger partial charge in [-0.05, 0) is 42.9 Å². The Morgan fingerprint density at radius 3 is 2.58 bits per heavy atom. The topological polar surface area (TPSA) is 81.9 Å². The predicted molar refractivity (Wildman–Crippen MR) is 116 cm³/mol. The maximum absolute atomic E-state index is 14.2. The van der Waals surface area contributed by atoms with Crippen molar-refractivity contribution in [1.29, 1.82) is 0 Å². The van der Waals surface area contributed by atoms with E-state index in [-0.39, 0.29) is 36.9 Å². The number of nitrogens with zero attached hydrogens (tertiary/aromatic N) is 1. The molecule has 2 amide bonds. The average molecular weight is 431 g/mol. The van der Waals surface area contributed by atoms with E-state index in [1.807, 2.05) is 39.0 Å². The van der Waals surface area contributed by atoms with Crippen LogP contribution in [-0.4, -0.2) is 36.2 Å². The summed E-state index contributed by atoms with van der Waals surface area (Å²) in [6, 6.07) is 6.31. The third-order valence-corrected chi connectivity index (χ3v) is 5.67. The molecule has 1 saturated heterocycles. The van der Waals surface area contributed by atoms with Crippen molar-refractivity contribution in [2.75, 3.05) is 13.2 Å². The fourth-order valence-electron chi connectivity index (χ4n) is 3.96. The standard InChI is InChI=1S/C24H31FN2O4/c1-15(2)13-31-24(29)27-20(11-12-21(27)23(26)28)17-7-9-19(10-8-17)30-14-18-6-4-5-16(3)22(18)25/h4,6-10,15-16,20-21H,5,11-14H2,1-3H3,(H2,26,28)/t16?,20?,21-/m0/s1. The first-order valence-electron chi connectivity index (χ1n) is 10.8. The average Bonchev–Trinajstić information content (AvgIpc) is 3.19. The van der Waals surface area contributed by atoms with E-state index < -0.39 is 18.0 Å². The highest BCUT2D eigenvalue weighted by atomic mass is 19.1. The van der Waals surface area contributed by atoms with Gasteiger partial charge in [0.2, 0.25) is 5.91 Å². The molecular formula is C24H31FN2O4. The highest BCUT2D eigenvalue weighted by molar-refractivity contribution is 5.85. The van der Waals surface area contributed by atoms with Crippen molar-refractivity contribution >= 4 is 12.0 Å². The molecule has 1 aromatic rings. The van der Waals surface area contributed by atoms with Crippen molar-refractivity contribution in [3.05, 3.63) is 53.4 Å². The SMILES string of the molecule is CC(C)COC(=O)N1C(c2ccc(OCC3=C(F)C(C)CC=C3)cc2)CC[C@H]1C(N)=O.